The Kier molecular flexibility index (Phi) is 6.51. The van der Waals surface area contributed by atoms with E-state index in [1.54, 1.807) is 7.11 Å². The number of rotatable bonds is 6. The van der Waals surface area contributed by atoms with Crippen LogP contribution in [0.25, 0.3) is 6.08 Å². The molecule has 7 heteroatoms. The van der Waals surface area contributed by atoms with E-state index in [-0.39, 0.29) is 17.6 Å². The van der Waals surface area contributed by atoms with Crippen LogP contribution in [-0.4, -0.2) is 64.8 Å². The van der Waals surface area contributed by atoms with E-state index in [1.807, 2.05) is 30.3 Å². The lowest BCUT2D eigenvalue weighted by molar-refractivity contribution is 0.0421. The summed E-state index contributed by atoms with van der Waals surface area (Å²) in [6.07, 6.45) is 8.60. The van der Waals surface area contributed by atoms with Crippen molar-refractivity contribution >= 4 is 12.0 Å². The molecule has 1 saturated heterocycles. The summed E-state index contributed by atoms with van der Waals surface area (Å²) in [5.41, 5.74) is 1.36. The third kappa shape index (κ3) is 5.35. The third-order valence-corrected chi connectivity index (χ3v) is 4.57. The molecule has 2 N–H and O–H groups in total. The van der Waals surface area contributed by atoms with Crippen molar-refractivity contribution in [3.8, 4) is 5.75 Å². The first-order valence-electron chi connectivity index (χ1n) is 8.93. The molecule has 1 aliphatic rings. The van der Waals surface area contributed by atoms with E-state index in [0.717, 1.165) is 24.4 Å². The van der Waals surface area contributed by atoms with Gasteiger partial charge in [-0.05, 0) is 24.1 Å². The molecular weight excluding hydrogens is 344 g/mol. The van der Waals surface area contributed by atoms with Crippen LogP contribution in [0.2, 0.25) is 0 Å². The average Bonchev–Trinajstić information content (AvgIpc) is 2.71. The number of carbonyl (C=O) groups is 1. The Morgan fingerprint density at radius 1 is 1.37 bits per heavy atom. The molecule has 0 aliphatic carbocycles. The lowest BCUT2D eigenvalue weighted by Gasteiger charge is -2.35. The Hall–Kier alpha value is -2.77. The fraction of sp³-hybridized carbons (Fsp3) is 0.350. The average molecular weight is 368 g/mol. The Morgan fingerprint density at radius 2 is 2.19 bits per heavy atom. The molecule has 1 aliphatic heterocycles. The van der Waals surface area contributed by atoms with Crippen molar-refractivity contribution in [2.45, 2.75) is 18.6 Å². The van der Waals surface area contributed by atoms with Crippen molar-refractivity contribution in [2.75, 3.05) is 26.7 Å². The summed E-state index contributed by atoms with van der Waals surface area (Å²) < 4.78 is 5.15. The first-order chi connectivity index (χ1) is 13.2. The van der Waals surface area contributed by atoms with Crippen molar-refractivity contribution in [3.05, 3.63) is 60.2 Å². The molecule has 3 rings (SSSR count). The number of ether oxygens (including phenoxy) is 1. The summed E-state index contributed by atoms with van der Waals surface area (Å²) >= 11 is 0. The van der Waals surface area contributed by atoms with E-state index in [4.69, 9.17) is 4.74 Å². The zero-order chi connectivity index (χ0) is 19.1. The number of methoxy groups -OCH3 is 1. The molecule has 2 heterocycles. The van der Waals surface area contributed by atoms with Crippen LogP contribution in [0.4, 0.5) is 0 Å². The second-order valence-corrected chi connectivity index (χ2v) is 6.46. The maximum atomic E-state index is 12.2. The maximum absolute atomic E-state index is 12.2. The van der Waals surface area contributed by atoms with Gasteiger partial charge in [-0.15, -0.1) is 0 Å². The summed E-state index contributed by atoms with van der Waals surface area (Å²) in [4.78, 5) is 22.2. The number of amides is 1. The van der Waals surface area contributed by atoms with Gasteiger partial charge in [0, 0.05) is 32.0 Å². The molecule has 1 aromatic carbocycles. The van der Waals surface area contributed by atoms with Gasteiger partial charge in [0.15, 0.2) is 0 Å². The molecule has 2 atom stereocenters. The van der Waals surface area contributed by atoms with E-state index < -0.39 is 6.10 Å². The summed E-state index contributed by atoms with van der Waals surface area (Å²) in [5.74, 6) is 0.529. The first-order valence-corrected chi connectivity index (χ1v) is 8.93. The van der Waals surface area contributed by atoms with Crippen LogP contribution < -0.4 is 10.1 Å². The number of likely N-dealkylation sites (tertiary alicyclic amines) is 1. The SMILES string of the molecule is COc1ccc(C=CCN2CCC(NC(=O)c3cnccn3)C(O)C2)cc1. The van der Waals surface area contributed by atoms with Crippen molar-refractivity contribution in [1.82, 2.24) is 20.2 Å². The highest BCUT2D eigenvalue weighted by Gasteiger charge is 2.28. The second-order valence-electron chi connectivity index (χ2n) is 6.46. The molecule has 1 aromatic heterocycles. The largest absolute Gasteiger partial charge is 0.497 e. The van der Waals surface area contributed by atoms with E-state index in [1.165, 1.54) is 18.6 Å². The van der Waals surface area contributed by atoms with Gasteiger partial charge in [-0.25, -0.2) is 4.98 Å². The number of benzene rings is 1. The van der Waals surface area contributed by atoms with Crippen LogP contribution >= 0.6 is 0 Å². The van der Waals surface area contributed by atoms with Gasteiger partial charge in [0.05, 0.1) is 25.5 Å². The number of nitrogens with zero attached hydrogens (tertiary/aromatic N) is 3. The fourth-order valence-electron chi connectivity index (χ4n) is 3.04. The molecule has 1 amide bonds. The van der Waals surface area contributed by atoms with E-state index in [0.29, 0.717) is 13.0 Å². The Bertz CT molecular complexity index is 765. The summed E-state index contributed by atoms with van der Waals surface area (Å²) in [6.45, 7) is 2.06. The van der Waals surface area contributed by atoms with Gasteiger partial charge in [0.25, 0.3) is 5.91 Å². The minimum Gasteiger partial charge on any atom is -0.497 e. The number of piperidine rings is 1. The molecule has 27 heavy (non-hydrogen) atoms. The van der Waals surface area contributed by atoms with Gasteiger partial charge >= 0.3 is 0 Å². The number of aliphatic hydroxyl groups is 1. The number of carbonyl (C=O) groups excluding carboxylic acids is 1. The highest BCUT2D eigenvalue weighted by molar-refractivity contribution is 5.92. The molecule has 2 aromatic rings. The highest BCUT2D eigenvalue weighted by Crippen LogP contribution is 2.14. The van der Waals surface area contributed by atoms with Gasteiger partial charge in [-0.1, -0.05) is 24.3 Å². The van der Waals surface area contributed by atoms with Crippen LogP contribution in [-0.2, 0) is 0 Å². The molecule has 2 unspecified atom stereocenters. The predicted octanol–water partition coefficient (Wildman–Crippen LogP) is 1.36. The van der Waals surface area contributed by atoms with E-state index in [9.17, 15) is 9.90 Å². The fourth-order valence-corrected chi connectivity index (χ4v) is 3.04. The lowest BCUT2D eigenvalue weighted by Crippen LogP contribution is -2.54. The van der Waals surface area contributed by atoms with Gasteiger partial charge in [-0.2, -0.15) is 0 Å². The topological polar surface area (TPSA) is 87.6 Å². The summed E-state index contributed by atoms with van der Waals surface area (Å²) in [5, 5.41) is 13.2. The van der Waals surface area contributed by atoms with Gasteiger partial charge in [-0.3, -0.25) is 14.7 Å². The number of aromatic nitrogens is 2. The molecule has 7 nitrogen and oxygen atoms in total. The van der Waals surface area contributed by atoms with Gasteiger partial charge in [0.2, 0.25) is 0 Å². The first kappa shape index (κ1) is 19.0. The molecule has 0 spiro atoms. The third-order valence-electron chi connectivity index (χ3n) is 4.57. The Labute approximate surface area is 158 Å². The minimum absolute atomic E-state index is 0.259. The van der Waals surface area contributed by atoms with E-state index in [2.05, 4.69) is 26.3 Å². The number of β-amino-alcohol motifs (C(OH)–C–C–N with tert-alkyl or cyclic N) is 1. The lowest BCUT2D eigenvalue weighted by atomic mass is 10.0. The Morgan fingerprint density at radius 3 is 2.85 bits per heavy atom. The zero-order valence-corrected chi connectivity index (χ0v) is 15.3. The van der Waals surface area contributed by atoms with Gasteiger partial charge in [0.1, 0.15) is 11.4 Å². The Balaban J connectivity index is 1.46. The summed E-state index contributed by atoms with van der Waals surface area (Å²) in [6, 6.07) is 7.57. The molecule has 142 valence electrons. The maximum Gasteiger partial charge on any atom is 0.271 e. The number of hydrogen-bond donors (Lipinski definition) is 2. The minimum atomic E-state index is -0.617. The number of aliphatic hydroxyl groups excluding tert-OH is 1. The van der Waals surface area contributed by atoms with E-state index >= 15 is 0 Å². The second kappa shape index (κ2) is 9.25. The van der Waals surface area contributed by atoms with Crippen LogP contribution in [0.3, 0.4) is 0 Å². The molecule has 1 fully saturated rings. The molecule has 0 bridgehead atoms. The number of nitrogens with one attached hydrogen (secondary N) is 1. The van der Waals surface area contributed by atoms with Crippen molar-refractivity contribution in [3.63, 3.8) is 0 Å². The zero-order valence-electron chi connectivity index (χ0n) is 15.3. The van der Waals surface area contributed by atoms with Crippen LogP contribution in [0.1, 0.15) is 22.5 Å². The van der Waals surface area contributed by atoms with Crippen LogP contribution in [0.15, 0.2) is 48.9 Å². The summed E-state index contributed by atoms with van der Waals surface area (Å²) in [7, 11) is 1.65. The monoisotopic (exact) mass is 368 g/mol. The smallest absolute Gasteiger partial charge is 0.271 e. The van der Waals surface area contributed by atoms with Crippen molar-refractivity contribution in [2.24, 2.45) is 0 Å². The molecular formula is C20H24N4O3. The highest BCUT2D eigenvalue weighted by atomic mass is 16.5. The predicted molar refractivity (Wildman–Crippen MR) is 102 cm³/mol. The van der Waals surface area contributed by atoms with Crippen molar-refractivity contribution in [1.29, 1.82) is 0 Å². The van der Waals surface area contributed by atoms with Crippen LogP contribution in [0.5, 0.6) is 5.75 Å². The standard InChI is InChI=1S/C20H24N4O3/c1-27-16-6-4-15(5-7-16)3-2-11-24-12-8-17(19(25)14-24)23-20(26)18-13-21-9-10-22-18/h2-7,9-10,13,17,19,25H,8,11-12,14H2,1H3,(H,23,26). The van der Waals surface area contributed by atoms with Crippen LogP contribution in [0, 0.1) is 0 Å². The normalized spacial score (nSPS) is 20.5. The molecule has 0 radical (unpaired) electrons. The molecule has 0 saturated carbocycles. The van der Waals surface area contributed by atoms with Gasteiger partial charge < -0.3 is 15.2 Å². The number of hydrogen-bond acceptors (Lipinski definition) is 6. The van der Waals surface area contributed by atoms with Crippen molar-refractivity contribution < 1.29 is 14.6 Å². The quantitative estimate of drug-likeness (QED) is 0.801.